The summed E-state index contributed by atoms with van der Waals surface area (Å²) in [5.74, 6) is -0.205. The first-order valence-corrected chi connectivity index (χ1v) is 9.41. The van der Waals surface area contributed by atoms with Crippen LogP contribution in [-0.4, -0.2) is 0 Å². The van der Waals surface area contributed by atoms with E-state index in [2.05, 4.69) is 5.32 Å². The normalized spacial score (nSPS) is 12.3. The summed E-state index contributed by atoms with van der Waals surface area (Å²) in [4.78, 5) is 0. The van der Waals surface area contributed by atoms with Crippen LogP contribution >= 0.6 is 0 Å². The predicted octanol–water partition coefficient (Wildman–Crippen LogP) is 7.84. The zero-order valence-corrected chi connectivity index (χ0v) is 16.7. The third-order valence-electron chi connectivity index (χ3n) is 4.83. The largest absolute Gasteiger partial charge is 0.417 e. The van der Waals surface area contributed by atoms with Gasteiger partial charge >= 0.3 is 12.4 Å². The number of anilines is 3. The molecule has 2 nitrogen and oxygen atoms in total. The molecule has 3 N–H and O–H groups in total. The lowest BCUT2D eigenvalue weighted by Crippen LogP contribution is -2.12. The minimum Gasteiger partial charge on any atom is -0.399 e. The van der Waals surface area contributed by atoms with Crippen molar-refractivity contribution >= 4 is 17.1 Å². The van der Waals surface area contributed by atoms with E-state index in [0.29, 0.717) is 16.9 Å². The molecule has 0 fully saturated rings. The van der Waals surface area contributed by atoms with E-state index in [1.54, 1.807) is 38.1 Å². The van der Waals surface area contributed by atoms with E-state index in [0.717, 1.165) is 24.3 Å². The molecule has 3 aromatic carbocycles. The van der Waals surface area contributed by atoms with Gasteiger partial charge in [-0.15, -0.1) is 0 Å². The Morgan fingerprint density at radius 2 is 1.16 bits per heavy atom. The SMILES string of the molecule is CC(C)c1ccc(-c2ccc(Nc3ccc(N)cc3)cc2C(F)(F)F)c(C(F)(F)F)c1. The molecule has 0 aromatic heterocycles. The van der Waals surface area contributed by atoms with Crippen molar-refractivity contribution in [2.75, 3.05) is 11.1 Å². The fraction of sp³-hybridized carbons (Fsp3) is 0.217. The maximum atomic E-state index is 13.8. The summed E-state index contributed by atoms with van der Waals surface area (Å²) in [6, 6.07) is 13.0. The summed E-state index contributed by atoms with van der Waals surface area (Å²) < 4.78 is 82.6. The standard InChI is InChI=1S/C23H20F6N2/c1-13(2)14-3-9-18(20(11-14)22(24,25)26)19-10-8-17(12-21(19)23(27,28)29)31-16-6-4-15(30)5-7-16/h3-13,31H,30H2,1-2H3. The molecule has 0 aliphatic carbocycles. The molecule has 0 heterocycles. The average Bonchev–Trinajstić information content (AvgIpc) is 2.68. The van der Waals surface area contributed by atoms with Crippen LogP contribution in [0.5, 0.6) is 0 Å². The van der Waals surface area contributed by atoms with Crippen LogP contribution in [0.15, 0.2) is 60.7 Å². The highest BCUT2D eigenvalue weighted by Crippen LogP contribution is 2.44. The Morgan fingerprint density at radius 3 is 1.68 bits per heavy atom. The molecular formula is C23H20F6N2. The molecule has 0 aliphatic heterocycles. The first-order valence-electron chi connectivity index (χ1n) is 9.41. The molecule has 0 saturated carbocycles. The van der Waals surface area contributed by atoms with Crippen molar-refractivity contribution in [2.24, 2.45) is 0 Å². The van der Waals surface area contributed by atoms with Gasteiger partial charge in [0.15, 0.2) is 0 Å². The molecule has 0 saturated heterocycles. The third-order valence-corrected chi connectivity index (χ3v) is 4.83. The van der Waals surface area contributed by atoms with Gasteiger partial charge in [0.1, 0.15) is 0 Å². The van der Waals surface area contributed by atoms with Crippen molar-refractivity contribution < 1.29 is 26.3 Å². The second kappa shape index (κ2) is 8.17. The molecule has 31 heavy (non-hydrogen) atoms. The minimum atomic E-state index is -4.85. The zero-order chi connectivity index (χ0) is 23.0. The van der Waals surface area contributed by atoms with Crippen LogP contribution < -0.4 is 11.1 Å². The Morgan fingerprint density at radius 1 is 0.677 bits per heavy atom. The van der Waals surface area contributed by atoms with E-state index in [9.17, 15) is 26.3 Å². The number of nitrogens with two attached hydrogens (primary N) is 1. The van der Waals surface area contributed by atoms with Gasteiger partial charge in [-0.25, -0.2) is 0 Å². The molecule has 3 aromatic rings. The van der Waals surface area contributed by atoms with Crippen molar-refractivity contribution in [3.05, 3.63) is 77.4 Å². The fourth-order valence-corrected chi connectivity index (χ4v) is 3.21. The average molecular weight is 438 g/mol. The molecule has 0 amide bonds. The molecule has 164 valence electrons. The second-order valence-corrected chi connectivity index (χ2v) is 7.46. The number of halogens is 6. The van der Waals surface area contributed by atoms with Gasteiger partial charge in [-0.1, -0.05) is 32.0 Å². The lowest BCUT2D eigenvalue weighted by atomic mass is 9.90. The van der Waals surface area contributed by atoms with E-state index < -0.39 is 34.6 Å². The Bertz CT molecular complexity index is 1070. The van der Waals surface area contributed by atoms with Crippen LogP contribution in [0.3, 0.4) is 0 Å². The maximum absolute atomic E-state index is 13.8. The minimum absolute atomic E-state index is 0.0909. The van der Waals surface area contributed by atoms with Crippen LogP contribution in [0.1, 0.15) is 36.5 Å². The zero-order valence-electron chi connectivity index (χ0n) is 16.7. The van der Waals surface area contributed by atoms with Crippen LogP contribution in [0.25, 0.3) is 11.1 Å². The van der Waals surface area contributed by atoms with Crippen LogP contribution in [0, 0.1) is 0 Å². The Labute approximate surface area is 175 Å². The van der Waals surface area contributed by atoms with Crippen LogP contribution in [0.4, 0.5) is 43.4 Å². The smallest absolute Gasteiger partial charge is 0.399 e. The van der Waals surface area contributed by atoms with E-state index in [4.69, 9.17) is 5.73 Å². The van der Waals surface area contributed by atoms with Gasteiger partial charge in [0.05, 0.1) is 11.1 Å². The summed E-state index contributed by atoms with van der Waals surface area (Å²) >= 11 is 0. The number of hydrogen-bond acceptors (Lipinski definition) is 2. The lowest BCUT2D eigenvalue weighted by Gasteiger charge is -2.20. The predicted molar refractivity (Wildman–Crippen MR) is 110 cm³/mol. The number of benzene rings is 3. The number of alkyl halides is 6. The van der Waals surface area contributed by atoms with Gasteiger partial charge in [0.25, 0.3) is 0 Å². The number of hydrogen-bond donors (Lipinski definition) is 2. The highest BCUT2D eigenvalue weighted by Gasteiger charge is 2.38. The molecular weight excluding hydrogens is 418 g/mol. The lowest BCUT2D eigenvalue weighted by molar-refractivity contribution is -0.139. The van der Waals surface area contributed by atoms with Gasteiger partial charge in [-0.05, 0) is 65.1 Å². The van der Waals surface area contributed by atoms with Gasteiger partial charge in [-0.3, -0.25) is 0 Å². The summed E-state index contributed by atoms with van der Waals surface area (Å²) in [7, 11) is 0. The Kier molecular flexibility index (Phi) is 5.93. The maximum Gasteiger partial charge on any atom is 0.417 e. The summed E-state index contributed by atoms with van der Waals surface area (Å²) in [6.07, 6.45) is -9.66. The summed E-state index contributed by atoms with van der Waals surface area (Å²) in [5, 5.41) is 2.81. The third kappa shape index (κ3) is 5.13. The fourth-order valence-electron chi connectivity index (χ4n) is 3.21. The van der Waals surface area contributed by atoms with Crippen molar-refractivity contribution in [1.82, 2.24) is 0 Å². The molecule has 0 atom stereocenters. The van der Waals surface area contributed by atoms with Gasteiger partial charge < -0.3 is 11.1 Å². The molecule has 0 bridgehead atoms. The number of rotatable bonds is 4. The van der Waals surface area contributed by atoms with E-state index in [1.807, 2.05) is 0 Å². The first-order chi connectivity index (χ1) is 14.4. The van der Waals surface area contributed by atoms with Gasteiger partial charge in [-0.2, -0.15) is 26.3 Å². The van der Waals surface area contributed by atoms with Crippen LogP contribution in [0.2, 0.25) is 0 Å². The quantitative estimate of drug-likeness (QED) is 0.322. The van der Waals surface area contributed by atoms with Crippen molar-refractivity contribution in [1.29, 1.82) is 0 Å². The number of nitrogens with one attached hydrogen (secondary N) is 1. The van der Waals surface area contributed by atoms with E-state index in [1.165, 1.54) is 12.1 Å². The van der Waals surface area contributed by atoms with Crippen molar-refractivity contribution in [3.8, 4) is 11.1 Å². The van der Waals surface area contributed by atoms with E-state index >= 15 is 0 Å². The van der Waals surface area contributed by atoms with Crippen LogP contribution in [-0.2, 0) is 12.4 Å². The monoisotopic (exact) mass is 438 g/mol. The topological polar surface area (TPSA) is 38.0 Å². The highest BCUT2D eigenvalue weighted by atomic mass is 19.4. The molecule has 8 heteroatoms. The Hall–Kier alpha value is -3.16. The molecule has 0 spiro atoms. The van der Waals surface area contributed by atoms with E-state index in [-0.39, 0.29) is 11.6 Å². The number of nitrogen functional groups attached to an aromatic ring is 1. The Balaban J connectivity index is 2.14. The van der Waals surface area contributed by atoms with Gasteiger partial charge in [0, 0.05) is 17.1 Å². The summed E-state index contributed by atoms with van der Waals surface area (Å²) in [6.45, 7) is 3.43. The first kappa shape index (κ1) is 22.5. The molecule has 0 unspecified atom stereocenters. The molecule has 0 aliphatic rings. The highest BCUT2D eigenvalue weighted by molar-refractivity contribution is 5.76. The summed E-state index contributed by atoms with van der Waals surface area (Å²) in [5.41, 5.74) is 3.77. The van der Waals surface area contributed by atoms with Crippen molar-refractivity contribution in [3.63, 3.8) is 0 Å². The molecule has 0 radical (unpaired) electrons. The van der Waals surface area contributed by atoms with Gasteiger partial charge in [0.2, 0.25) is 0 Å². The van der Waals surface area contributed by atoms with Crippen molar-refractivity contribution in [2.45, 2.75) is 32.1 Å². The second-order valence-electron chi connectivity index (χ2n) is 7.46. The molecule has 3 rings (SSSR count).